The zero-order valence-electron chi connectivity index (χ0n) is 11.1. The standard InChI is InChI=1S/C11H18N2O7/c1-19-10(17)8-6-20-5-3-13(8)11(18)12-7(2-4-14)9(15)16/h7-8,14H,2-6H2,1H3,(H,12,18)(H,15,16)/t7-,8?/m1/s1. The molecule has 1 rings (SSSR count). The van der Waals surface area contributed by atoms with Crippen LogP contribution in [0.2, 0.25) is 0 Å². The number of carboxylic acid groups (broad SMARTS) is 1. The van der Waals surface area contributed by atoms with Crippen LogP contribution in [0.25, 0.3) is 0 Å². The van der Waals surface area contributed by atoms with Crippen molar-refractivity contribution in [2.75, 3.05) is 33.5 Å². The van der Waals surface area contributed by atoms with E-state index in [0.29, 0.717) is 0 Å². The van der Waals surface area contributed by atoms with Gasteiger partial charge in [-0.2, -0.15) is 0 Å². The van der Waals surface area contributed by atoms with Crippen molar-refractivity contribution in [3.05, 3.63) is 0 Å². The van der Waals surface area contributed by atoms with Crippen molar-refractivity contribution in [1.29, 1.82) is 0 Å². The third kappa shape index (κ3) is 4.07. The molecule has 0 bridgehead atoms. The van der Waals surface area contributed by atoms with Gasteiger partial charge < -0.3 is 29.9 Å². The van der Waals surface area contributed by atoms with Gasteiger partial charge in [-0.05, 0) is 0 Å². The third-order valence-electron chi connectivity index (χ3n) is 2.88. The van der Waals surface area contributed by atoms with Crippen LogP contribution in [0.4, 0.5) is 4.79 Å². The molecular formula is C11H18N2O7. The van der Waals surface area contributed by atoms with E-state index in [9.17, 15) is 14.4 Å². The van der Waals surface area contributed by atoms with Crippen molar-refractivity contribution in [3.63, 3.8) is 0 Å². The van der Waals surface area contributed by atoms with Gasteiger partial charge in [0.2, 0.25) is 0 Å². The van der Waals surface area contributed by atoms with Gasteiger partial charge in [0, 0.05) is 19.6 Å². The predicted molar refractivity (Wildman–Crippen MR) is 65.0 cm³/mol. The number of hydrogen-bond acceptors (Lipinski definition) is 6. The number of carboxylic acids is 1. The topological polar surface area (TPSA) is 125 Å². The highest BCUT2D eigenvalue weighted by Gasteiger charge is 2.35. The molecule has 2 atom stereocenters. The lowest BCUT2D eigenvalue weighted by atomic mass is 10.2. The molecule has 114 valence electrons. The third-order valence-corrected chi connectivity index (χ3v) is 2.88. The molecule has 1 heterocycles. The molecule has 0 saturated carbocycles. The van der Waals surface area contributed by atoms with Crippen LogP contribution >= 0.6 is 0 Å². The summed E-state index contributed by atoms with van der Waals surface area (Å²) in [5.41, 5.74) is 0. The van der Waals surface area contributed by atoms with Crippen LogP contribution in [0.15, 0.2) is 0 Å². The SMILES string of the molecule is COC(=O)C1COCCN1C(=O)N[C@H](CCO)C(=O)O. The summed E-state index contributed by atoms with van der Waals surface area (Å²) in [6.07, 6.45) is -0.117. The van der Waals surface area contributed by atoms with E-state index in [2.05, 4.69) is 10.1 Å². The average molecular weight is 290 g/mol. The molecule has 0 spiro atoms. The number of urea groups is 1. The summed E-state index contributed by atoms with van der Waals surface area (Å²) < 4.78 is 9.68. The molecule has 1 aliphatic rings. The van der Waals surface area contributed by atoms with Gasteiger partial charge in [-0.25, -0.2) is 14.4 Å². The van der Waals surface area contributed by atoms with E-state index in [1.165, 1.54) is 12.0 Å². The van der Waals surface area contributed by atoms with Gasteiger partial charge in [-0.15, -0.1) is 0 Å². The van der Waals surface area contributed by atoms with E-state index in [1.54, 1.807) is 0 Å². The van der Waals surface area contributed by atoms with Crippen LogP contribution in [0, 0.1) is 0 Å². The zero-order valence-corrected chi connectivity index (χ0v) is 11.1. The monoisotopic (exact) mass is 290 g/mol. The van der Waals surface area contributed by atoms with E-state index in [-0.39, 0.29) is 32.8 Å². The molecule has 0 aromatic carbocycles. The second kappa shape index (κ2) is 7.65. The number of carbonyl (C=O) groups is 3. The predicted octanol–water partition coefficient (Wildman–Crippen LogP) is -1.59. The number of aliphatic hydroxyl groups excluding tert-OH is 1. The lowest BCUT2D eigenvalue weighted by Gasteiger charge is -2.34. The number of hydrogen-bond donors (Lipinski definition) is 3. The van der Waals surface area contributed by atoms with Crippen LogP contribution < -0.4 is 5.32 Å². The molecule has 3 N–H and O–H groups in total. The highest BCUT2D eigenvalue weighted by atomic mass is 16.5. The first-order valence-electron chi connectivity index (χ1n) is 6.07. The number of rotatable bonds is 5. The molecule has 1 unspecified atom stereocenters. The maximum absolute atomic E-state index is 12.0. The Morgan fingerprint density at radius 3 is 2.75 bits per heavy atom. The van der Waals surface area contributed by atoms with Crippen LogP contribution in [0.3, 0.4) is 0 Å². The largest absolute Gasteiger partial charge is 0.480 e. The second-order valence-corrected chi connectivity index (χ2v) is 4.16. The van der Waals surface area contributed by atoms with Crippen LogP contribution in [-0.2, 0) is 19.1 Å². The molecule has 0 aliphatic carbocycles. The lowest BCUT2D eigenvalue weighted by Crippen LogP contribution is -2.58. The molecule has 20 heavy (non-hydrogen) atoms. The van der Waals surface area contributed by atoms with Crippen LogP contribution in [0.1, 0.15) is 6.42 Å². The van der Waals surface area contributed by atoms with E-state index >= 15 is 0 Å². The summed E-state index contributed by atoms with van der Waals surface area (Å²) in [7, 11) is 1.19. The number of nitrogens with one attached hydrogen (secondary N) is 1. The molecule has 2 amide bonds. The first-order valence-corrected chi connectivity index (χ1v) is 6.07. The van der Waals surface area contributed by atoms with Crippen molar-refractivity contribution in [2.24, 2.45) is 0 Å². The lowest BCUT2D eigenvalue weighted by molar-refractivity contribution is -0.151. The molecule has 0 radical (unpaired) electrons. The van der Waals surface area contributed by atoms with Crippen molar-refractivity contribution in [2.45, 2.75) is 18.5 Å². The summed E-state index contributed by atoms with van der Waals surface area (Å²) in [5, 5.41) is 19.9. The van der Waals surface area contributed by atoms with Crippen molar-refractivity contribution in [3.8, 4) is 0 Å². The van der Waals surface area contributed by atoms with E-state index in [0.717, 1.165) is 0 Å². The minimum atomic E-state index is -1.25. The summed E-state index contributed by atoms with van der Waals surface area (Å²) in [5.74, 6) is -1.89. The number of esters is 1. The fourth-order valence-corrected chi connectivity index (χ4v) is 1.80. The Morgan fingerprint density at radius 1 is 1.50 bits per heavy atom. The average Bonchev–Trinajstić information content (AvgIpc) is 2.45. The minimum absolute atomic E-state index is 0.00215. The quantitative estimate of drug-likeness (QED) is 0.521. The molecule has 9 heteroatoms. The van der Waals surface area contributed by atoms with Crippen molar-refractivity contribution in [1.82, 2.24) is 10.2 Å². The van der Waals surface area contributed by atoms with Gasteiger partial charge in [0.05, 0.1) is 20.3 Å². The summed E-state index contributed by atoms with van der Waals surface area (Å²) in [6.45, 7) is 0.0222. The van der Waals surface area contributed by atoms with Gasteiger partial charge in [0.25, 0.3) is 0 Å². The van der Waals surface area contributed by atoms with Gasteiger partial charge in [0.1, 0.15) is 6.04 Å². The Morgan fingerprint density at radius 2 is 2.20 bits per heavy atom. The molecule has 0 aromatic heterocycles. The Labute approximate surface area is 115 Å². The van der Waals surface area contributed by atoms with Gasteiger partial charge in [0.15, 0.2) is 6.04 Å². The highest BCUT2D eigenvalue weighted by Crippen LogP contribution is 2.09. The Bertz CT molecular complexity index is 374. The number of morpholine rings is 1. The van der Waals surface area contributed by atoms with E-state index in [1.807, 2.05) is 0 Å². The Hall–Kier alpha value is -1.87. The highest BCUT2D eigenvalue weighted by molar-refractivity contribution is 5.86. The maximum atomic E-state index is 12.0. The van der Waals surface area contributed by atoms with Gasteiger partial charge in [-0.3, -0.25) is 0 Å². The summed E-state index contributed by atoms with van der Waals surface area (Å²) in [6, 6.07) is -2.82. The summed E-state index contributed by atoms with van der Waals surface area (Å²) in [4.78, 5) is 35.7. The van der Waals surface area contributed by atoms with Crippen LogP contribution in [0.5, 0.6) is 0 Å². The first-order chi connectivity index (χ1) is 9.51. The smallest absolute Gasteiger partial charge is 0.331 e. The molecule has 0 aromatic rings. The number of aliphatic hydroxyl groups is 1. The number of aliphatic carboxylic acids is 1. The van der Waals surface area contributed by atoms with Gasteiger partial charge in [-0.1, -0.05) is 0 Å². The van der Waals surface area contributed by atoms with E-state index in [4.69, 9.17) is 14.9 Å². The fourth-order valence-electron chi connectivity index (χ4n) is 1.80. The molecule has 9 nitrogen and oxygen atoms in total. The molecule has 1 aliphatic heterocycles. The number of amides is 2. The molecular weight excluding hydrogens is 272 g/mol. The number of ether oxygens (including phenoxy) is 2. The number of nitrogens with zero attached hydrogens (tertiary/aromatic N) is 1. The summed E-state index contributed by atoms with van der Waals surface area (Å²) >= 11 is 0. The number of carbonyl (C=O) groups excluding carboxylic acids is 2. The minimum Gasteiger partial charge on any atom is -0.480 e. The fraction of sp³-hybridized carbons (Fsp3) is 0.727. The first kappa shape index (κ1) is 16.2. The zero-order chi connectivity index (χ0) is 15.1. The van der Waals surface area contributed by atoms with Gasteiger partial charge >= 0.3 is 18.0 Å². The maximum Gasteiger partial charge on any atom is 0.331 e. The second-order valence-electron chi connectivity index (χ2n) is 4.16. The Kier molecular flexibility index (Phi) is 6.19. The normalized spacial score (nSPS) is 20.1. The Balaban J connectivity index is 2.71. The van der Waals surface area contributed by atoms with E-state index < -0.39 is 30.1 Å². The molecule has 1 saturated heterocycles. The number of methoxy groups -OCH3 is 1. The van der Waals surface area contributed by atoms with Crippen molar-refractivity contribution >= 4 is 18.0 Å². The molecule has 1 fully saturated rings. The van der Waals surface area contributed by atoms with Crippen molar-refractivity contribution < 1.29 is 34.1 Å². The van der Waals surface area contributed by atoms with Crippen LogP contribution in [-0.4, -0.2) is 78.6 Å².